The quantitative estimate of drug-likeness (QED) is 0.305. The second-order valence-electron chi connectivity index (χ2n) is 10.6. The summed E-state index contributed by atoms with van der Waals surface area (Å²) in [6, 6.07) is 35.5. The van der Waals surface area contributed by atoms with Gasteiger partial charge in [-0.1, -0.05) is 72.8 Å². The third-order valence-corrected chi connectivity index (χ3v) is 8.05. The van der Waals surface area contributed by atoms with E-state index in [1.807, 2.05) is 82.6 Å². The number of carbonyl (C=O) groups is 2. The Kier molecular flexibility index (Phi) is 6.89. The number of nitrogens with zero attached hydrogens (tertiary/aromatic N) is 2. The van der Waals surface area contributed by atoms with Crippen molar-refractivity contribution in [2.24, 2.45) is 5.41 Å². The van der Waals surface area contributed by atoms with Crippen LogP contribution in [0.1, 0.15) is 39.9 Å². The molecule has 5 nitrogen and oxygen atoms in total. The number of hydrogen-bond acceptors (Lipinski definition) is 3. The molecule has 0 radical (unpaired) electrons. The third kappa shape index (κ3) is 5.30. The summed E-state index contributed by atoms with van der Waals surface area (Å²) in [4.78, 5) is 31.4. The zero-order chi connectivity index (χ0) is 26.7. The van der Waals surface area contributed by atoms with Crippen LogP contribution in [0, 0.1) is 5.41 Å². The maximum Gasteiger partial charge on any atom is 0.253 e. The van der Waals surface area contributed by atoms with Crippen LogP contribution in [0.3, 0.4) is 0 Å². The van der Waals surface area contributed by atoms with Gasteiger partial charge in [0.1, 0.15) is 11.5 Å². The van der Waals surface area contributed by atoms with Crippen LogP contribution < -0.4 is 4.74 Å². The minimum absolute atomic E-state index is 0.00118. The van der Waals surface area contributed by atoms with Crippen molar-refractivity contribution in [1.29, 1.82) is 0 Å². The van der Waals surface area contributed by atoms with Gasteiger partial charge in [0.05, 0.1) is 5.41 Å². The fraction of sp³-hybridized carbons (Fsp3) is 0.235. The average Bonchev–Trinajstić information content (AvgIpc) is 3.09. The molecule has 0 N–H and O–H groups in total. The zero-order valence-corrected chi connectivity index (χ0v) is 22.0. The average molecular weight is 517 g/mol. The van der Waals surface area contributed by atoms with E-state index < -0.39 is 5.41 Å². The zero-order valence-electron chi connectivity index (χ0n) is 22.0. The Bertz CT molecular complexity index is 1440. The SMILES string of the molecule is O=C(c1ccc(Oc2ccccc2)cc1)N1CCC2(CC1)Cc1ccccc1CN(Cc1ccccc1)C2=O. The smallest absolute Gasteiger partial charge is 0.253 e. The molecule has 0 atom stereocenters. The monoisotopic (exact) mass is 516 g/mol. The van der Waals surface area contributed by atoms with Gasteiger partial charge >= 0.3 is 0 Å². The molecule has 0 aromatic heterocycles. The van der Waals surface area contributed by atoms with Gasteiger partial charge in [-0.05, 0) is 72.4 Å². The first-order valence-corrected chi connectivity index (χ1v) is 13.6. The molecule has 2 amide bonds. The summed E-state index contributed by atoms with van der Waals surface area (Å²) in [5.41, 5.74) is 3.73. The van der Waals surface area contributed by atoms with E-state index in [0.717, 1.165) is 17.7 Å². The third-order valence-electron chi connectivity index (χ3n) is 8.05. The van der Waals surface area contributed by atoms with E-state index in [4.69, 9.17) is 4.74 Å². The number of benzene rings is 4. The molecular formula is C34H32N2O3. The number of carbonyl (C=O) groups excluding carboxylic acids is 2. The Hall–Kier alpha value is -4.38. The predicted molar refractivity (Wildman–Crippen MR) is 151 cm³/mol. The van der Waals surface area contributed by atoms with Gasteiger partial charge in [0.15, 0.2) is 0 Å². The Morgan fingerprint density at radius 2 is 1.31 bits per heavy atom. The number of fused-ring (bicyclic) bond motifs is 1. The standard InChI is InChI=1S/C34H32N2O3/c37-32(27-15-17-31(18-16-27)39-30-13-5-2-6-14-30)35-21-19-34(20-22-35)23-28-11-7-8-12-29(28)25-36(33(34)38)24-26-9-3-1-4-10-26/h1-18H,19-25H2. The lowest BCUT2D eigenvalue weighted by Gasteiger charge is -2.42. The van der Waals surface area contributed by atoms with Gasteiger partial charge in [0, 0.05) is 31.7 Å². The topological polar surface area (TPSA) is 49.9 Å². The predicted octanol–water partition coefficient (Wildman–Crippen LogP) is 6.49. The number of hydrogen-bond donors (Lipinski definition) is 0. The van der Waals surface area contributed by atoms with Gasteiger partial charge in [-0.2, -0.15) is 0 Å². The lowest BCUT2D eigenvalue weighted by Crippen LogP contribution is -2.51. The summed E-state index contributed by atoms with van der Waals surface area (Å²) >= 11 is 0. The minimum Gasteiger partial charge on any atom is -0.457 e. The summed E-state index contributed by atoms with van der Waals surface area (Å²) < 4.78 is 5.87. The first-order valence-electron chi connectivity index (χ1n) is 13.6. The molecule has 5 heteroatoms. The highest BCUT2D eigenvalue weighted by Crippen LogP contribution is 2.41. The van der Waals surface area contributed by atoms with Crippen LogP contribution in [0.4, 0.5) is 0 Å². The van der Waals surface area contributed by atoms with Crippen molar-refractivity contribution in [3.63, 3.8) is 0 Å². The lowest BCUT2D eigenvalue weighted by atomic mass is 9.72. The summed E-state index contributed by atoms with van der Waals surface area (Å²) in [7, 11) is 0. The number of para-hydroxylation sites is 1. The van der Waals surface area contributed by atoms with Crippen LogP contribution in [0.2, 0.25) is 0 Å². The molecule has 2 aliphatic heterocycles. The van der Waals surface area contributed by atoms with Crippen LogP contribution in [0.25, 0.3) is 0 Å². The van der Waals surface area contributed by atoms with E-state index in [1.54, 1.807) is 0 Å². The molecule has 2 heterocycles. The van der Waals surface area contributed by atoms with E-state index >= 15 is 0 Å². The number of likely N-dealkylation sites (tertiary alicyclic amines) is 1. The van der Waals surface area contributed by atoms with Crippen molar-refractivity contribution in [3.8, 4) is 11.5 Å². The highest BCUT2D eigenvalue weighted by Gasteiger charge is 2.46. The molecule has 39 heavy (non-hydrogen) atoms. The largest absolute Gasteiger partial charge is 0.457 e. The normalized spacial score (nSPS) is 16.5. The Morgan fingerprint density at radius 3 is 2.00 bits per heavy atom. The number of ether oxygens (including phenoxy) is 1. The fourth-order valence-electron chi connectivity index (χ4n) is 5.87. The molecule has 0 aliphatic carbocycles. The molecule has 4 aromatic rings. The van der Waals surface area contributed by atoms with E-state index in [2.05, 4.69) is 36.4 Å². The van der Waals surface area contributed by atoms with Crippen molar-refractivity contribution in [2.45, 2.75) is 32.4 Å². The molecule has 1 spiro atoms. The van der Waals surface area contributed by atoms with Gasteiger partial charge in [0.25, 0.3) is 5.91 Å². The first kappa shape index (κ1) is 24.9. The van der Waals surface area contributed by atoms with Gasteiger partial charge < -0.3 is 14.5 Å². The number of rotatable bonds is 5. The Morgan fingerprint density at radius 1 is 0.718 bits per heavy atom. The van der Waals surface area contributed by atoms with Crippen molar-refractivity contribution in [2.75, 3.05) is 13.1 Å². The van der Waals surface area contributed by atoms with Crippen molar-refractivity contribution >= 4 is 11.8 Å². The summed E-state index contributed by atoms with van der Waals surface area (Å²) in [6.07, 6.45) is 2.04. The highest BCUT2D eigenvalue weighted by atomic mass is 16.5. The highest BCUT2D eigenvalue weighted by molar-refractivity contribution is 5.94. The summed E-state index contributed by atoms with van der Waals surface area (Å²) in [5, 5.41) is 0. The van der Waals surface area contributed by atoms with Crippen LogP contribution in [0.15, 0.2) is 109 Å². The van der Waals surface area contributed by atoms with E-state index in [1.165, 1.54) is 11.1 Å². The Balaban J connectivity index is 1.17. The molecule has 0 unspecified atom stereocenters. The summed E-state index contributed by atoms with van der Waals surface area (Å²) in [5.74, 6) is 1.65. The number of amides is 2. The van der Waals surface area contributed by atoms with E-state index in [0.29, 0.717) is 50.3 Å². The Labute approximate surface area is 229 Å². The first-order chi connectivity index (χ1) is 19.1. The van der Waals surface area contributed by atoms with Gasteiger partial charge in [0.2, 0.25) is 5.91 Å². The molecular weight excluding hydrogens is 484 g/mol. The summed E-state index contributed by atoms with van der Waals surface area (Å²) in [6.45, 7) is 2.34. The maximum atomic E-state index is 14.1. The van der Waals surface area contributed by atoms with Gasteiger partial charge in [-0.25, -0.2) is 0 Å². The molecule has 4 aromatic carbocycles. The molecule has 0 bridgehead atoms. The molecule has 1 fully saturated rings. The van der Waals surface area contributed by atoms with Crippen LogP contribution in [0.5, 0.6) is 11.5 Å². The van der Waals surface area contributed by atoms with Crippen LogP contribution >= 0.6 is 0 Å². The van der Waals surface area contributed by atoms with Gasteiger partial charge in [-0.15, -0.1) is 0 Å². The second kappa shape index (κ2) is 10.8. The second-order valence-corrected chi connectivity index (χ2v) is 10.6. The van der Waals surface area contributed by atoms with E-state index in [-0.39, 0.29) is 11.8 Å². The van der Waals surface area contributed by atoms with Crippen molar-refractivity contribution in [1.82, 2.24) is 9.80 Å². The van der Waals surface area contributed by atoms with Crippen LogP contribution in [-0.4, -0.2) is 34.7 Å². The molecule has 1 saturated heterocycles. The molecule has 2 aliphatic rings. The van der Waals surface area contributed by atoms with E-state index in [9.17, 15) is 9.59 Å². The lowest BCUT2D eigenvalue weighted by molar-refractivity contribution is -0.145. The van der Waals surface area contributed by atoms with Crippen molar-refractivity contribution < 1.29 is 14.3 Å². The maximum absolute atomic E-state index is 14.1. The molecule has 0 saturated carbocycles. The minimum atomic E-state index is -0.494. The number of piperidine rings is 1. The fourth-order valence-corrected chi connectivity index (χ4v) is 5.87. The van der Waals surface area contributed by atoms with Gasteiger partial charge in [-0.3, -0.25) is 9.59 Å². The van der Waals surface area contributed by atoms with Crippen molar-refractivity contribution in [3.05, 3.63) is 131 Å². The van der Waals surface area contributed by atoms with Crippen LogP contribution in [-0.2, 0) is 24.3 Å². The molecule has 6 rings (SSSR count). The molecule has 196 valence electrons.